The second kappa shape index (κ2) is 5.40. The first-order valence-corrected chi connectivity index (χ1v) is 5.78. The molecule has 4 nitrogen and oxygen atoms in total. The van der Waals surface area contributed by atoms with E-state index in [2.05, 4.69) is 15.3 Å². The van der Waals surface area contributed by atoms with Crippen LogP contribution >= 0.6 is 0 Å². The summed E-state index contributed by atoms with van der Waals surface area (Å²) in [6.07, 6.45) is 5.11. The van der Waals surface area contributed by atoms with Crippen molar-refractivity contribution in [2.24, 2.45) is 0 Å². The summed E-state index contributed by atoms with van der Waals surface area (Å²) in [4.78, 5) is 20.2. The molecule has 2 aromatic rings. The van der Waals surface area contributed by atoms with Crippen LogP contribution in [-0.4, -0.2) is 15.9 Å². The molecule has 0 saturated heterocycles. The summed E-state index contributed by atoms with van der Waals surface area (Å²) in [7, 11) is 0. The van der Waals surface area contributed by atoms with E-state index in [0.717, 1.165) is 16.8 Å². The number of pyridine rings is 2. The summed E-state index contributed by atoms with van der Waals surface area (Å²) in [5.74, 6) is -0.0816. The van der Waals surface area contributed by atoms with Crippen molar-refractivity contribution in [3.8, 4) is 0 Å². The average Bonchev–Trinajstić information content (AvgIpc) is 2.40. The van der Waals surface area contributed by atoms with E-state index in [1.807, 2.05) is 26.0 Å². The SMILES string of the molecule is Cc1nccc(C(=O)NCc2cccnc2)c1C. The van der Waals surface area contributed by atoms with Gasteiger partial charge in [-0.15, -0.1) is 0 Å². The summed E-state index contributed by atoms with van der Waals surface area (Å²) in [5, 5.41) is 2.88. The lowest BCUT2D eigenvalue weighted by atomic mass is 10.1. The highest BCUT2D eigenvalue weighted by atomic mass is 16.1. The van der Waals surface area contributed by atoms with E-state index in [-0.39, 0.29) is 5.91 Å². The van der Waals surface area contributed by atoms with E-state index >= 15 is 0 Å². The summed E-state index contributed by atoms with van der Waals surface area (Å²) in [5.41, 5.74) is 3.45. The maximum absolute atomic E-state index is 12.0. The Morgan fingerprint density at radius 2 is 2.11 bits per heavy atom. The Kier molecular flexibility index (Phi) is 3.67. The first kappa shape index (κ1) is 12.2. The normalized spacial score (nSPS) is 10.1. The van der Waals surface area contributed by atoms with Crippen molar-refractivity contribution in [3.63, 3.8) is 0 Å². The summed E-state index contributed by atoms with van der Waals surface area (Å²) >= 11 is 0. The van der Waals surface area contributed by atoms with Crippen molar-refractivity contribution in [1.29, 1.82) is 0 Å². The van der Waals surface area contributed by atoms with Crippen LogP contribution in [0.5, 0.6) is 0 Å². The van der Waals surface area contributed by atoms with Crippen molar-refractivity contribution in [1.82, 2.24) is 15.3 Å². The van der Waals surface area contributed by atoms with Crippen LogP contribution in [0.25, 0.3) is 0 Å². The number of hydrogen-bond acceptors (Lipinski definition) is 3. The molecule has 1 N–H and O–H groups in total. The zero-order valence-electron chi connectivity index (χ0n) is 10.5. The number of nitrogens with one attached hydrogen (secondary N) is 1. The molecule has 0 aliphatic heterocycles. The van der Waals surface area contributed by atoms with Crippen molar-refractivity contribution in [2.45, 2.75) is 20.4 Å². The fourth-order valence-corrected chi connectivity index (χ4v) is 1.67. The molecule has 0 bridgehead atoms. The number of aryl methyl sites for hydroxylation is 1. The van der Waals surface area contributed by atoms with E-state index in [4.69, 9.17) is 0 Å². The Bertz CT molecular complexity index is 552. The number of carbonyl (C=O) groups excluding carboxylic acids is 1. The van der Waals surface area contributed by atoms with Crippen molar-refractivity contribution >= 4 is 5.91 Å². The molecule has 0 radical (unpaired) electrons. The van der Waals surface area contributed by atoms with Crippen LogP contribution in [0.3, 0.4) is 0 Å². The minimum atomic E-state index is -0.0816. The standard InChI is InChI=1S/C14H15N3O/c1-10-11(2)16-7-5-13(10)14(18)17-9-12-4-3-6-15-8-12/h3-8H,9H2,1-2H3,(H,17,18). The Morgan fingerprint density at radius 1 is 1.28 bits per heavy atom. The Balaban J connectivity index is 2.07. The Morgan fingerprint density at radius 3 is 2.83 bits per heavy atom. The van der Waals surface area contributed by atoms with Crippen LogP contribution in [0.1, 0.15) is 27.2 Å². The van der Waals surface area contributed by atoms with Gasteiger partial charge in [0.05, 0.1) is 0 Å². The van der Waals surface area contributed by atoms with Gasteiger partial charge in [0.2, 0.25) is 0 Å². The van der Waals surface area contributed by atoms with E-state index in [1.165, 1.54) is 0 Å². The molecule has 4 heteroatoms. The summed E-state index contributed by atoms with van der Waals surface area (Å²) in [6.45, 7) is 4.28. The van der Waals surface area contributed by atoms with Crippen molar-refractivity contribution in [3.05, 3.63) is 59.2 Å². The van der Waals surface area contributed by atoms with Gasteiger partial charge in [-0.05, 0) is 37.1 Å². The monoisotopic (exact) mass is 241 g/mol. The highest BCUT2D eigenvalue weighted by Crippen LogP contribution is 2.10. The highest BCUT2D eigenvalue weighted by Gasteiger charge is 2.10. The molecule has 0 aliphatic rings. The van der Waals surface area contributed by atoms with Crippen LogP contribution in [0.15, 0.2) is 36.8 Å². The van der Waals surface area contributed by atoms with Crippen LogP contribution in [0.2, 0.25) is 0 Å². The van der Waals surface area contributed by atoms with Gasteiger partial charge in [0.1, 0.15) is 0 Å². The number of nitrogens with zero attached hydrogens (tertiary/aromatic N) is 2. The zero-order valence-corrected chi connectivity index (χ0v) is 10.5. The lowest BCUT2D eigenvalue weighted by Crippen LogP contribution is -2.24. The fourth-order valence-electron chi connectivity index (χ4n) is 1.67. The first-order chi connectivity index (χ1) is 8.68. The third-order valence-electron chi connectivity index (χ3n) is 2.88. The Hall–Kier alpha value is -2.23. The maximum atomic E-state index is 12.0. The lowest BCUT2D eigenvalue weighted by molar-refractivity contribution is 0.0950. The molecule has 0 fully saturated rings. The number of rotatable bonds is 3. The molecule has 2 heterocycles. The molecular formula is C14H15N3O. The van der Waals surface area contributed by atoms with Crippen LogP contribution in [-0.2, 0) is 6.54 Å². The number of carbonyl (C=O) groups is 1. The Labute approximate surface area is 106 Å². The maximum Gasteiger partial charge on any atom is 0.251 e. The van der Waals surface area contributed by atoms with Crippen molar-refractivity contribution < 1.29 is 4.79 Å². The molecule has 1 amide bonds. The molecule has 0 aliphatic carbocycles. The van der Waals surface area contributed by atoms with Crippen LogP contribution in [0, 0.1) is 13.8 Å². The first-order valence-electron chi connectivity index (χ1n) is 5.78. The molecule has 0 saturated carbocycles. The van der Waals surface area contributed by atoms with Gasteiger partial charge in [0.15, 0.2) is 0 Å². The van der Waals surface area contributed by atoms with Crippen molar-refractivity contribution in [2.75, 3.05) is 0 Å². The molecule has 92 valence electrons. The van der Waals surface area contributed by atoms with Gasteiger partial charge in [0.25, 0.3) is 5.91 Å². The van der Waals surface area contributed by atoms with E-state index in [1.54, 1.807) is 24.7 Å². The molecule has 0 atom stereocenters. The van der Waals surface area contributed by atoms with Gasteiger partial charge in [-0.3, -0.25) is 14.8 Å². The summed E-state index contributed by atoms with van der Waals surface area (Å²) in [6, 6.07) is 5.52. The summed E-state index contributed by atoms with van der Waals surface area (Å²) < 4.78 is 0. The lowest BCUT2D eigenvalue weighted by Gasteiger charge is -2.08. The molecule has 0 spiro atoms. The molecule has 2 rings (SSSR count). The molecular weight excluding hydrogens is 226 g/mol. The smallest absolute Gasteiger partial charge is 0.251 e. The van der Waals surface area contributed by atoms with E-state index in [0.29, 0.717) is 12.1 Å². The number of hydrogen-bond donors (Lipinski definition) is 1. The quantitative estimate of drug-likeness (QED) is 0.894. The number of aromatic nitrogens is 2. The van der Waals surface area contributed by atoms with Crippen LogP contribution in [0.4, 0.5) is 0 Å². The zero-order chi connectivity index (χ0) is 13.0. The highest BCUT2D eigenvalue weighted by molar-refractivity contribution is 5.95. The molecule has 0 aromatic carbocycles. The van der Waals surface area contributed by atoms with Crippen LogP contribution < -0.4 is 5.32 Å². The van der Waals surface area contributed by atoms with Gasteiger partial charge in [0, 0.05) is 36.4 Å². The van der Waals surface area contributed by atoms with Gasteiger partial charge in [-0.25, -0.2) is 0 Å². The molecule has 18 heavy (non-hydrogen) atoms. The fraction of sp³-hybridized carbons (Fsp3) is 0.214. The predicted molar refractivity (Wildman–Crippen MR) is 69.1 cm³/mol. The second-order valence-electron chi connectivity index (χ2n) is 4.11. The van der Waals surface area contributed by atoms with Gasteiger partial charge in [-0.1, -0.05) is 6.07 Å². The third kappa shape index (κ3) is 2.71. The average molecular weight is 241 g/mol. The van der Waals surface area contributed by atoms with E-state index in [9.17, 15) is 4.79 Å². The van der Waals surface area contributed by atoms with Gasteiger partial charge < -0.3 is 5.32 Å². The second-order valence-corrected chi connectivity index (χ2v) is 4.11. The minimum absolute atomic E-state index is 0.0816. The largest absolute Gasteiger partial charge is 0.348 e. The molecule has 0 unspecified atom stereocenters. The molecule has 2 aromatic heterocycles. The third-order valence-corrected chi connectivity index (χ3v) is 2.88. The minimum Gasteiger partial charge on any atom is -0.348 e. The van der Waals surface area contributed by atoms with Gasteiger partial charge >= 0.3 is 0 Å². The number of amides is 1. The predicted octanol–water partition coefficient (Wildman–Crippen LogP) is 2.02. The van der Waals surface area contributed by atoms with Gasteiger partial charge in [-0.2, -0.15) is 0 Å². The topological polar surface area (TPSA) is 54.9 Å². The van der Waals surface area contributed by atoms with E-state index < -0.39 is 0 Å².